The Labute approximate surface area is 159 Å². The molecule has 1 fully saturated rings. The summed E-state index contributed by atoms with van der Waals surface area (Å²) in [5, 5.41) is 2.66. The summed E-state index contributed by atoms with van der Waals surface area (Å²) in [6, 6.07) is 11.1. The lowest BCUT2D eigenvalue weighted by Gasteiger charge is -2.14. The van der Waals surface area contributed by atoms with Gasteiger partial charge in [-0.1, -0.05) is 0 Å². The normalized spacial score (nSPS) is 13.3. The number of carbonyl (C=O) groups excluding carboxylic acids is 2. The molecular formula is C20H15FN4O3. The maximum absolute atomic E-state index is 14.6. The molecule has 0 spiro atoms. The number of benzene rings is 1. The molecule has 1 aliphatic heterocycles. The molecular weight excluding hydrogens is 363 g/mol. The lowest BCUT2D eigenvalue weighted by Crippen LogP contribution is -2.23. The Morgan fingerprint density at radius 2 is 2.07 bits per heavy atom. The van der Waals surface area contributed by atoms with Crippen LogP contribution in [0.25, 0.3) is 11.1 Å². The highest BCUT2D eigenvalue weighted by Crippen LogP contribution is 2.28. The fourth-order valence-corrected chi connectivity index (χ4v) is 2.85. The average Bonchev–Trinajstić information content (AvgIpc) is 3.15. The largest absolute Gasteiger partial charge is 0.447 e. The van der Waals surface area contributed by atoms with Crippen LogP contribution in [0.2, 0.25) is 0 Å². The molecule has 1 aliphatic rings. The number of cyclic esters (lactones) is 1. The number of nitrogens with zero attached hydrogens (tertiary/aromatic N) is 3. The maximum atomic E-state index is 14.6. The molecule has 8 heteroatoms. The van der Waals surface area contributed by atoms with Crippen molar-refractivity contribution in [2.24, 2.45) is 0 Å². The Bertz CT molecular complexity index is 1030. The van der Waals surface area contributed by atoms with E-state index in [1.165, 1.54) is 23.4 Å². The SMILES string of the molecule is O=C(Nc1ccc(-c2ccc(N3CCOC3=O)cc2F)cn1)c1cccnc1. The van der Waals surface area contributed by atoms with Crippen molar-refractivity contribution in [2.75, 3.05) is 23.4 Å². The molecule has 140 valence electrons. The van der Waals surface area contributed by atoms with E-state index in [0.717, 1.165) is 0 Å². The summed E-state index contributed by atoms with van der Waals surface area (Å²) in [5.41, 5.74) is 1.74. The lowest BCUT2D eigenvalue weighted by molar-refractivity contribution is 0.102. The molecule has 0 radical (unpaired) electrons. The van der Waals surface area contributed by atoms with Gasteiger partial charge in [0.05, 0.1) is 17.8 Å². The smallest absolute Gasteiger partial charge is 0.414 e. The Balaban J connectivity index is 1.51. The molecule has 3 heterocycles. The number of rotatable bonds is 4. The van der Waals surface area contributed by atoms with E-state index >= 15 is 0 Å². The number of hydrogen-bond donors (Lipinski definition) is 1. The van der Waals surface area contributed by atoms with E-state index in [2.05, 4.69) is 15.3 Å². The number of pyridine rings is 2. The summed E-state index contributed by atoms with van der Waals surface area (Å²) in [7, 11) is 0. The minimum absolute atomic E-state index is 0.290. The highest BCUT2D eigenvalue weighted by molar-refractivity contribution is 6.03. The second kappa shape index (κ2) is 7.43. The van der Waals surface area contributed by atoms with Crippen LogP contribution in [0.4, 0.5) is 20.7 Å². The first-order chi connectivity index (χ1) is 13.6. The molecule has 3 aromatic rings. The summed E-state index contributed by atoms with van der Waals surface area (Å²) in [6.07, 6.45) is 4.02. The number of aromatic nitrogens is 2. The molecule has 0 unspecified atom stereocenters. The van der Waals surface area contributed by atoms with E-state index in [0.29, 0.717) is 41.3 Å². The van der Waals surface area contributed by atoms with Crippen molar-refractivity contribution in [3.05, 3.63) is 72.4 Å². The Morgan fingerprint density at radius 3 is 2.71 bits per heavy atom. The molecule has 0 aliphatic carbocycles. The summed E-state index contributed by atoms with van der Waals surface area (Å²) >= 11 is 0. The first-order valence-corrected chi connectivity index (χ1v) is 8.53. The van der Waals surface area contributed by atoms with Gasteiger partial charge < -0.3 is 10.1 Å². The van der Waals surface area contributed by atoms with Gasteiger partial charge in [0, 0.05) is 29.7 Å². The standard InChI is InChI=1S/C20H15FN4O3/c21-17-10-15(25-8-9-28-20(25)27)4-5-16(17)13-3-6-18(23-12-13)24-19(26)14-2-1-7-22-11-14/h1-7,10-12H,8-9H2,(H,23,24,26). The van der Waals surface area contributed by atoms with Gasteiger partial charge in [0.1, 0.15) is 18.2 Å². The summed E-state index contributed by atoms with van der Waals surface area (Å²) < 4.78 is 19.4. The van der Waals surface area contributed by atoms with Gasteiger partial charge >= 0.3 is 6.09 Å². The third-order valence-corrected chi connectivity index (χ3v) is 4.26. The minimum atomic E-state index is -0.484. The van der Waals surface area contributed by atoms with E-state index in [9.17, 15) is 14.0 Å². The van der Waals surface area contributed by atoms with Crippen LogP contribution in [0.1, 0.15) is 10.4 Å². The second-order valence-corrected chi connectivity index (χ2v) is 6.06. The monoisotopic (exact) mass is 378 g/mol. The summed E-state index contributed by atoms with van der Waals surface area (Å²) in [5.74, 6) is -0.470. The number of ether oxygens (including phenoxy) is 1. The highest BCUT2D eigenvalue weighted by Gasteiger charge is 2.24. The molecule has 28 heavy (non-hydrogen) atoms. The van der Waals surface area contributed by atoms with Crippen LogP contribution < -0.4 is 10.2 Å². The fraction of sp³-hybridized carbons (Fsp3) is 0.100. The van der Waals surface area contributed by atoms with Gasteiger partial charge in [-0.05, 0) is 42.5 Å². The van der Waals surface area contributed by atoms with Crippen LogP contribution in [0.3, 0.4) is 0 Å². The Hall–Kier alpha value is -3.81. The number of anilines is 2. The summed E-state index contributed by atoms with van der Waals surface area (Å²) in [4.78, 5) is 33.2. The van der Waals surface area contributed by atoms with Crippen molar-refractivity contribution < 1.29 is 18.7 Å². The van der Waals surface area contributed by atoms with Crippen LogP contribution in [-0.4, -0.2) is 35.1 Å². The van der Waals surface area contributed by atoms with Crippen LogP contribution in [0.5, 0.6) is 0 Å². The van der Waals surface area contributed by atoms with Gasteiger partial charge in [0.25, 0.3) is 5.91 Å². The van der Waals surface area contributed by atoms with Gasteiger partial charge in [-0.2, -0.15) is 0 Å². The number of nitrogens with one attached hydrogen (secondary N) is 1. The molecule has 1 saturated heterocycles. The van der Waals surface area contributed by atoms with Gasteiger partial charge in [0.15, 0.2) is 0 Å². The first-order valence-electron chi connectivity index (χ1n) is 8.53. The third-order valence-electron chi connectivity index (χ3n) is 4.26. The van der Waals surface area contributed by atoms with Gasteiger partial charge in [-0.3, -0.25) is 14.7 Å². The van der Waals surface area contributed by atoms with Crippen LogP contribution in [-0.2, 0) is 4.74 Å². The third kappa shape index (κ3) is 3.52. The molecule has 4 rings (SSSR count). The van der Waals surface area contributed by atoms with Gasteiger partial charge in [-0.15, -0.1) is 0 Å². The van der Waals surface area contributed by atoms with E-state index in [-0.39, 0.29) is 5.91 Å². The van der Waals surface area contributed by atoms with Crippen LogP contribution in [0, 0.1) is 5.82 Å². The Kier molecular flexibility index (Phi) is 4.67. The van der Waals surface area contributed by atoms with Gasteiger partial charge in [-0.25, -0.2) is 14.2 Å². The van der Waals surface area contributed by atoms with Crippen molar-refractivity contribution in [2.45, 2.75) is 0 Å². The molecule has 0 saturated carbocycles. The summed E-state index contributed by atoms with van der Waals surface area (Å²) in [6.45, 7) is 0.683. The quantitative estimate of drug-likeness (QED) is 0.751. The predicted octanol–water partition coefficient (Wildman–Crippen LogP) is 3.49. The second-order valence-electron chi connectivity index (χ2n) is 6.06. The van der Waals surface area contributed by atoms with E-state index in [1.54, 1.807) is 42.6 Å². The van der Waals surface area contributed by atoms with Crippen molar-refractivity contribution in [1.29, 1.82) is 0 Å². The minimum Gasteiger partial charge on any atom is -0.447 e. The first kappa shape index (κ1) is 17.6. The zero-order chi connectivity index (χ0) is 19.5. The molecule has 2 amide bonds. The number of carbonyl (C=O) groups is 2. The average molecular weight is 378 g/mol. The van der Waals surface area contributed by atoms with E-state index < -0.39 is 11.9 Å². The molecule has 2 aromatic heterocycles. The van der Waals surface area contributed by atoms with Crippen molar-refractivity contribution in [1.82, 2.24) is 9.97 Å². The molecule has 7 nitrogen and oxygen atoms in total. The number of hydrogen-bond acceptors (Lipinski definition) is 5. The predicted molar refractivity (Wildman–Crippen MR) is 101 cm³/mol. The van der Waals surface area contributed by atoms with Crippen molar-refractivity contribution in [3.8, 4) is 11.1 Å². The Morgan fingerprint density at radius 1 is 1.18 bits per heavy atom. The van der Waals surface area contributed by atoms with Crippen molar-refractivity contribution >= 4 is 23.5 Å². The molecule has 1 N–H and O–H groups in total. The molecule has 0 atom stereocenters. The zero-order valence-electron chi connectivity index (χ0n) is 14.6. The lowest BCUT2D eigenvalue weighted by atomic mass is 10.1. The van der Waals surface area contributed by atoms with Crippen molar-refractivity contribution in [3.63, 3.8) is 0 Å². The highest BCUT2D eigenvalue weighted by atomic mass is 19.1. The van der Waals surface area contributed by atoms with E-state index in [1.807, 2.05) is 0 Å². The van der Waals surface area contributed by atoms with Crippen LogP contribution in [0.15, 0.2) is 61.1 Å². The van der Waals surface area contributed by atoms with Gasteiger partial charge in [0.2, 0.25) is 0 Å². The maximum Gasteiger partial charge on any atom is 0.414 e. The topological polar surface area (TPSA) is 84.4 Å². The molecule has 0 bridgehead atoms. The number of halogens is 1. The van der Waals surface area contributed by atoms with E-state index in [4.69, 9.17) is 4.74 Å². The molecule has 1 aromatic carbocycles. The zero-order valence-corrected chi connectivity index (χ0v) is 14.6. The van der Waals surface area contributed by atoms with Crippen LogP contribution >= 0.6 is 0 Å². The number of amides is 2. The fourth-order valence-electron chi connectivity index (χ4n) is 2.85.